The molecule has 40 heavy (non-hydrogen) atoms. The Kier molecular flexibility index (Phi) is 10.1. The van der Waals surface area contributed by atoms with Crippen LogP contribution in [0, 0.1) is 5.92 Å². The largest absolute Gasteiger partial charge is 0.507 e. The van der Waals surface area contributed by atoms with E-state index in [2.05, 4.69) is 52.0 Å². The highest BCUT2D eigenvalue weighted by molar-refractivity contribution is 5.82. The van der Waals surface area contributed by atoms with Gasteiger partial charge in [-0.05, 0) is 64.9 Å². The van der Waals surface area contributed by atoms with Crippen LogP contribution in [0.15, 0.2) is 66.2 Å². The molecular weight excluding hydrogens is 492 g/mol. The Balaban J connectivity index is 2.00. The van der Waals surface area contributed by atoms with Gasteiger partial charge in [-0.1, -0.05) is 114 Å². The fourth-order valence-corrected chi connectivity index (χ4v) is 6.62. The minimum Gasteiger partial charge on any atom is -0.507 e. The number of rotatable bonds is 12. The molecule has 3 heteroatoms. The monoisotopic (exact) mass is 540 g/mol. The molecule has 0 amide bonds. The van der Waals surface area contributed by atoms with Crippen molar-refractivity contribution >= 4 is 5.57 Å². The van der Waals surface area contributed by atoms with E-state index in [-0.39, 0.29) is 23.5 Å². The molecule has 1 atom stereocenters. The topological polar surface area (TPSA) is 60.7 Å². The van der Waals surface area contributed by atoms with Crippen molar-refractivity contribution in [1.82, 2.24) is 0 Å². The molecule has 1 aliphatic rings. The zero-order chi connectivity index (χ0) is 28.7. The van der Waals surface area contributed by atoms with Crippen LogP contribution in [-0.4, -0.2) is 21.9 Å². The molecule has 214 valence electrons. The molecule has 0 fully saturated rings. The Morgan fingerprint density at radius 2 is 1.35 bits per heavy atom. The van der Waals surface area contributed by atoms with Crippen LogP contribution in [0.4, 0.5) is 0 Å². The summed E-state index contributed by atoms with van der Waals surface area (Å²) in [6, 6.07) is 20.7. The summed E-state index contributed by atoms with van der Waals surface area (Å²) in [5.74, 6) is 0.795. The number of phenols is 2. The Morgan fingerprint density at radius 3 is 1.85 bits per heavy atom. The summed E-state index contributed by atoms with van der Waals surface area (Å²) >= 11 is 0. The summed E-state index contributed by atoms with van der Waals surface area (Å²) in [5.41, 5.74) is 7.32. The number of phenolic OH excluding ortho intramolecular Hbond substituents is 2. The molecule has 4 rings (SSSR count). The molecule has 0 saturated heterocycles. The van der Waals surface area contributed by atoms with Crippen LogP contribution in [0.25, 0.3) is 5.57 Å². The number of benzene rings is 3. The first-order chi connectivity index (χ1) is 19.3. The number of aromatic hydroxyl groups is 2. The highest BCUT2D eigenvalue weighted by Gasteiger charge is 2.35. The summed E-state index contributed by atoms with van der Waals surface area (Å²) in [4.78, 5) is 0. The first-order valence-electron chi connectivity index (χ1n) is 15.3. The van der Waals surface area contributed by atoms with Crippen LogP contribution >= 0.6 is 0 Å². The lowest BCUT2D eigenvalue weighted by Gasteiger charge is -2.34. The Hall–Kier alpha value is -3.04. The number of hydrogen-bond donors (Lipinski definition) is 3. The van der Waals surface area contributed by atoms with Crippen LogP contribution in [0.3, 0.4) is 0 Å². The Bertz CT molecular complexity index is 1220. The van der Waals surface area contributed by atoms with Gasteiger partial charge in [0, 0.05) is 24.0 Å². The van der Waals surface area contributed by atoms with E-state index in [1.807, 2.05) is 36.4 Å². The van der Waals surface area contributed by atoms with Crippen molar-refractivity contribution < 1.29 is 15.3 Å². The van der Waals surface area contributed by atoms with Crippen LogP contribution in [0.5, 0.6) is 11.5 Å². The zero-order valence-corrected chi connectivity index (χ0v) is 25.0. The van der Waals surface area contributed by atoms with Crippen LogP contribution < -0.4 is 0 Å². The van der Waals surface area contributed by atoms with Gasteiger partial charge in [0.1, 0.15) is 11.5 Å². The molecule has 0 bridgehead atoms. The summed E-state index contributed by atoms with van der Waals surface area (Å²) in [5, 5.41) is 34.6. The second-order valence-electron chi connectivity index (χ2n) is 12.5. The average molecular weight is 541 g/mol. The molecule has 3 aromatic carbocycles. The Labute approximate surface area is 241 Å². The third-order valence-corrected chi connectivity index (χ3v) is 8.84. The molecule has 3 aromatic rings. The van der Waals surface area contributed by atoms with Gasteiger partial charge in [0.2, 0.25) is 0 Å². The molecule has 0 radical (unpaired) electrons. The van der Waals surface area contributed by atoms with Crippen molar-refractivity contribution in [1.29, 1.82) is 0 Å². The van der Waals surface area contributed by atoms with E-state index < -0.39 is 0 Å². The highest BCUT2D eigenvalue weighted by atomic mass is 16.3. The van der Waals surface area contributed by atoms with Gasteiger partial charge < -0.3 is 15.3 Å². The predicted octanol–water partition coefficient (Wildman–Crippen LogP) is 9.09. The molecule has 3 N–H and O–H groups in total. The van der Waals surface area contributed by atoms with Gasteiger partial charge in [-0.15, -0.1) is 0 Å². The van der Waals surface area contributed by atoms with Gasteiger partial charge in [0.15, 0.2) is 0 Å². The quantitative estimate of drug-likeness (QED) is 0.201. The molecule has 1 unspecified atom stereocenters. The van der Waals surface area contributed by atoms with E-state index in [1.54, 1.807) is 0 Å². The van der Waals surface area contributed by atoms with Crippen molar-refractivity contribution in [3.05, 3.63) is 99.6 Å². The fraction of sp³-hybridized carbons (Fsp3) is 0.459. The lowest BCUT2D eigenvalue weighted by atomic mass is 9.71. The van der Waals surface area contributed by atoms with Crippen molar-refractivity contribution in [3.8, 4) is 11.5 Å². The van der Waals surface area contributed by atoms with Crippen molar-refractivity contribution in [2.75, 3.05) is 6.61 Å². The van der Waals surface area contributed by atoms with Gasteiger partial charge >= 0.3 is 0 Å². The molecule has 0 heterocycles. The van der Waals surface area contributed by atoms with Crippen molar-refractivity contribution in [3.63, 3.8) is 0 Å². The normalized spacial score (nSPS) is 16.0. The molecule has 0 aromatic heterocycles. The van der Waals surface area contributed by atoms with Crippen LogP contribution in [0.1, 0.15) is 112 Å². The van der Waals surface area contributed by atoms with Crippen molar-refractivity contribution in [2.24, 2.45) is 5.92 Å². The van der Waals surface area contributed by atoms with E-state index in [9.17, 15) is 15.3 Å². The third-order valence-electron chi connectivity index (χ3n) is 8.84. The number of aliphatic hydroxyl groups is 1. The number of hydrogen-bond acceptors (Lipinski definition) is 3. The fourth-order valence-electron chi connectivity index (χ4n) is 6.62. The minimum absolute atomic E-state index is 0.0480. The van der Waals surface area contributed by atoms with Gasteiger partial charge in [-0.25, -0.2) is 0 Å². The maximum Gasteiger partial charge on any atom is 0.130 e. The maximum atomic E-state index is 12.2. The van der Waals surface area contributed by atoms with E-state index >= 15 is 0 Å². The summed E-state index contributed by atoms with van der Waals surface area (Å²) in [6.45, 7) is 8.95. The SMILES string of the molecule is CCCCCCC(C)(C)c1c(Cc2ccccc2)c(O)c(C2=C(CO)CCC(C)C2)c(O)c1Cc1ccccc1. The van der Waals surface area contributed by atoms with Crippen molar-refractivity contribution in [2.45, 2.75) is 97.3 Å². The van der Waals surface area contributed by atoms with Gasteiger partial charge in [-0.3, -0.25) is 0 Å². The van der Waals surface area contributed by atoms with Gasteiger partial charge in [0.25, 0.3) is 0 Å². The van der Waals surface area contributed by atoms with Gasteiger partial charge in [-0.2, -0.15) is 0 Å². The number of unbranched alkanes of at least 4 members (excludes halogenated alkanes) is 3. The lowest BCUT2D eigenvalue weighted by molar-refractivity contribution is 0.319. The lowest BCUT2D eigenvalue weighted by Crippen LogP contribution is -2.23. The average Bonchev–Trinajstić information content (AvgIpc) is 2.95. The van der Waals surface area contributed by atoms with E-state index in [4.69, 9.17) is 0 Å². The highest BCUT2D eigenvalue weighted by Crippen LogP contribution is 2.51. The number of allylic oxidation sites excluding steroid dienone is 1. The molecule has 0 aliphatic heterocycles. The predicted molar refractivity (Wildman–Crippen MR) is 167 cm³/mol. The van der Waals surface area contributed by atoms with E-state index in [0.29, 0.717) is 24.3 Å². The third kappa shape index (κ3) is 6.81. The first kappa shape index (κ1) is 29.9. The molecule has 0 spiro atoms. The smallest absolute Gasteiger partial charge is 0.130 e. The van der Waals surface area contributed by atoms with E-state index in [1.165, 1.54) is 19.3 Å². The van der Waals surface area contributed by atoms with Crippen LogP contribution in [0.2, 0.25) is 0 Å². The molecule has 0 saturated carbocycles. The maximum absolute atomic E-state index is 12.2. The van der Waals surface area contributed by atoms with Crippen LogP contribution in [-0.2, 0) is 18.3 Å². The summed E-state index contributed by atoms with van der Waals surface area (Å²) in [7, 11) is 0. The summed E-state index contributed by atoms with van der Waals surface area (Å²) < 4.78 is 0. The van der Waals surface area contributed by atoms with E-state index in [0.717, 1.165) is 71.1 Å². The standard InChI is InChI=1S/C37H48O3/c1-5-6-7-14-21-37(3,4)34-31(23-27-15-10-8-11-16-27)35(39)33(30-22-26(2)19-20-29(30)25-38)36(40)32(34)24-28-17-12-9-13-18-28/h8-13,15-18,26,38-40H,5-7,14,19-25H2,1-4H3. The first-order valence-corrected chi connectivity index (χ1v) is 15.3. The molecule has 1 aliphatic carbocycles. The summed E-state index contributed by atoms with van der Waals surface area (Å²) in [6.07, 6.45) is 9.41. The second kappa shape index (κ2) is 13.5. The van der Waals surface area contributed by atoms with Gasteiger partial charge in [0.05, 0.1) is 12.2 Å². The molecular formula is C37H48O3. The second-order valence-corrected chi connectivity index (χ2v) is 12.5. The Morgan fingerprint density at radius 1 is 0.800 bits per heavy atom. The zero-order valence-electron chi connectivity index (χ0n) is 25.0. The number of aliphatic hydroxyl groups excluding tert-OH is 1. The minimum atomic E-state index is -0.247. The molecule has 3 nitrogen and oxygen atoms in total.